The molecule has 1 N–H and O–H groups in total. The van der Waals surface area contributed by atoms with E-state index in [0.29, 0.717) is 43.0 Å². The summed E-state index contributed by atoms with van der Waals surface area (Å²) in [6.07, 6.45) is 10.9. The monoisotopic (exact) mass is 357 g/mol. The summed E-state index contributed by atoms with van der Waals surface area (Å²) in [6, 6.07) is 0. The van der Waals surface area contributed by atoms with Crippen LogP contribution in [0.25, 0.3) is 0 Å². The van der Waals surface area contributed by atoms with Crippen LogP contribution in [0.4, 0.5) is 0 Å². The molecule has 26 heavy (non-hydrogen) atoms. The summed E-state index contributed by atoms with van der Waals surface area (Å²) in [6.45, 7) is 1.07. The predicted octanol–water partition coefficient (Wildman–Crippen LogP) is 2.59. The first-order valence-corrected chi connectivity index (χ1v) is 10.1. The summed E-state index contributed by atoms with van der Waals surface area (Å²) in [7, 11) is 0. The molecule has 1 atom stereocenters. The molecular formula is C20H27N3O3. The first-order chi connectivity index (χ1) is 12.6. The Morgan fingerprint density at radius 2 is 1.96 bits per heavy atom. The molecule has 0 radical (unpaired) electrons. The summed E-state index contributed by atoms with van der Waals surface area (Å²) in [4.78, 5) is 19.1. The second-order valence-electron chi connectivity index (χ2n) is 8.78. The number of piperidine rings is 1. The van der Waals surface area contributed by atoms with Crippen LogP contribution in [0.1, 0.15) is 69.0 Å². The van der Waals surface area contributed by atoms with Crippen LogP contribution < -0.4 is 0 Å². The highest BCUT2D eigenvalue weighted by atomic mass is 16.5. The molecule has 1 aromatic rings. The van der Waals surface area contributed by atoms with Gasteiger partial charge in [-0.3, -0.25) is 4.79 Å². The first kappa shape index (κ1) is 16.5. The van der Waals surface area contributed by atoms with E-state index in [-0.39, 0.29) is 5.91 Å². The van der Waals surface area contributed by atoms with Gasteiger partial charge in [0.25, 0.3) is 0 Å². The van der Waals surface area contributed by atoms with Gasteiger partial charge in [0.1, 0.15) is 0 Å². The zero-order valence-electron chi connectivity index (χ0n) is 15.2. The normalized spacial score (nSPS) is 28.9. The average Bonchev–Trinajstić information content (AvgIpc) is 3.48. The second kappa shape index (κ2) is 6.19. The lowest BCUT2D eigenvalue weighted by molar-refractivity contribution is -0.133. The van der Waals surface area contributed by atoms with E-state index < -0.39 is 5.60 Å². The zero-order valence-corrected chi connectivity index (χ0v) is 15.2. The van der Waals surface area contributed by atoms with Crippen molar-refractivity contribution in [1.82, 2.24) is 15.0 Å². The minimum Gasteiger partial charge on any atom is -0.388 e. The van der Waals surface area contributed by atoms with Crippen LogP contribution >= 0.6 is 0 Å². The fourth-order valence-electron chi connectivity index (χ4n) is 4.21. The highest BCUT2D eigenvalue weighted by Crippen LogP contribution is 2.48. The number of carbonyl (C=O) groups is 1. The van der Waals surface area contributed by atoms with Crippen molar-refractivity contribution < 1.29 is 14.4 Å². The Kier molecular flexibility index (Phi) is 3.92. The quantitative estimate of drug-likeness (QED) is 0.792. The fraction of sp³-hybridized carbons (Fsp3) is 0.750. The van der Waals surface area contributed by atoms with E-state index in [1.165, 1.54) is 31.3 Å². The highest BCUT2D eigenvalue weighted by Gasteiger charge is 2.40. The molecule has 1 aromatic heterocycles. The van der Waals surface area contributed by atoms with Crippen molar-refractivity contribution in [3.8, 4) is 0 Å². The molecule has 1 aliphatic heterocycles. The minimum atomic E-state index is -0.964. The van der Waals surface area contributed by atoms with Gasteiger partial charge in [0.05, 0.1) is 18.6 Å². The number of allylic oxidation sites excluding steroid dienone is 1. The lowest BCUT2D eigenvalue weighted by Gasteiger charge is -2.38. The van der Waals surface area contributed by atoms with Crippen molar-refractivity contribution in [2.24, 2.45) is 11.8 Å². The van der Waals surface area contributed by atoms with E-state index in [1.54, 1.807) is 0 Å². The number of rotatable bonds is 6. The van der Waals surface area contributed by atoms with E-state index >= 15 is 0 Å². The largest absolute Gasteiger partial charge is 0.388 e. The van der Waals surface area contributed by atoms with Gasteiger partial charge < -0.3 is 14.5 Å². The number of amides is 1. The van der Waals surface area contributed by atoms with Gasteiger partial charge in [-0.25, -0.2) is 0 Å². The van der Waals surface area contributed by atoms with Crippen LogP contribution in [0.15, 0.2) is 16.2 Å². The topological polar surface area (TPSA) is 79.5 Å². The Balaban J connectivity index is 1.25. The number of aromatic nitrogens is 2. The fourth-order valence-corrected chi connectivity index (χ4v) is 4.21. The number of β-amino-alcohol motifs (C(OH)–C–C–N with tert-alkyl or cyclic N) is 1. The van der Waals surface area contributed by atoms with Crippen LogP contribution in [0.5, 0.6) is 0 Å². The van der Waals surface area contributed by atoms with Crippen LogP contribution in [0, 0.1) is 11.8 Å². The third kappa shape index (κ3) is 3.56. The Morgan fingerprint density at radius 3 is 2.62 bits per heavy atom. The molecule has 0 bridgehead atoms. The zero-order chi connectivity index (χ0) is 17.7. The summed E-state index contributed by atoms with van der Waals surface area (Å²) in [5, 5.41) is 15.1. The predicted molar refractivity (Wildman–Crippen MR) is 94.3 cm³/mol. The van der Waals surface area contributed by atoms with Gasteiger partial charge >= 0.3 is 0 Å². The Morgan fingerprint density at radius 1 is 1.23 bits per heavy atom. The number of hydrogen-bond acceptors (Lipinski definition) is 5. The summed E-state index contributed by atoms with van der Waals surface area (Å²) in [5.41, 5.74) is 0.407. The van der Waals surface area contributed by atoms with Gasteiger partial charge in [-0.1, -0.05) is 10.7 Å². The SMILES string of the molecule is O=C(C=C(C1CC1)C1CC1)N1CCCC(O)(Cc2nc(C3CC3)no2)C1. The first-order valence-electron chi connectivity index (χ1n) is 10.1. The molecule has 3 saturated carbocycles. The molecule has 3 aliphatic carbocycles. The van der Waals surface area contributed by atoms with Crippen LogP contribution in [-0.2, 0) is 11.2 Å². The maximum atomic E-state index is 12.8. The lowest BCUT2D eigenvalue weighted by atomic mass is 9.89. The summed E-state index contributed by atoms with van der Waals surface area (Å²) < 4.78 is 5.34. The molecule has 0 spiro atoms. The number of aliphatic hydroxyl groups is 1. The van der Waals surface area contributed by atoms with Gasteiger partial charge in [-0.2, -0.15) is 4.98 Å². The van der Waals surface area contributed by atoms with Gasteiger partial charge in [0, 0.05) is 18.5 Å². The van der Waals surface area contributed by atoms with E-state index in [2.05, 4.69) is 10.1 Å². The van der Waals surface area contributed by atoms with Crippen LogP contribution in [0.3, 0.4) is 0 Å². The van der Waals surface area contributed by atoms with Gasteiger partial charge in [-0.15, -0.1) is 0 Å². The second-order valence-corrected chi connectivity index (χ2v) is 8.78. The maximum Gasteiger partial charge on any atom is 0.246 e. The molecule has 6 nitrogen and oxygen atoms in total. The Labute approximate surface area is 153 Å². The molecular weight excluding hydrogens is 330 g/mol. The van der Waals surface area contributed by atoms with Crippen LogP contribution in [0.2, 0.25) is 0 Å². The molecule has 1 amide bonds. The number of nitrogens with zero attached hydrogens (tertiary/aromatic N) is 3. The third-order valence-electron chi connectivity index (χ3n) is 6.16. The number of hydrogen-bond donors (Lipinski definition) is 1. The average molecular weight is 357 g/mol. The molecule has 4 aliphatic rings. The van der Waals surface area contributed by atoms with Crippen molar-refractivity contribution in [2.75, 3.05) is 13.1 Å². The van der Waals surface area contributed by atoms with E-state index in [1.807, 2.05) is 11.0 Å². The van der Waals surface area contributed by atoms with Crippen molar-refractivity contribution in [1.29, 1.82) is 0 Å². The van der Waals surface area contributed by atoms with E-state index in [9.17, 15) is 9.90 Å². The standard InChI is InChI=1S/C20H27N3O3/c24-18(10-16(13-2-3-13)14-4-5-14)23-9-1-8-20(25,12-23)11-17-21-19(22-26-17)15-6-7-15/h10,13-15,25H,1-9,11-12H2. The molecule has 5 rings (SSSR count). The molecule has 6 heteroatoms. The maximum absolute atomic E-state index is 12.8. The highest BCUT2D eigenvalue weighted by molar-refractivity contribution is 5.88. The Bertz CT molecular complexity index is 716. The van der Waals surface area contributed by atoms with Crippen molar-refractivity contribution in [2.45, 2.75) is 69.3 Å². The summed E-state index contributed by atoms with van der Waals surface area (Å²) in [5.74, 6) is 3.08. The number of likely N-dealkylation sites (tertiary alicyclic amines) is 1. The lowest BCUT2D eigenvalue weighted by Crippen LogP contribution is -2.51. The molecule has 140 valence electrons. The minimum absolute atomic E-state index is 0.0705. The van der Waals surface area contributed by atoms with Gasteiger partial charge in [-0.05, 0) is 63.2 Å². The Hall–Kier alpha value is -1.69. The van der Waals surface area contributed by atoms with E-state index in [4.69, 9.17) is 4.52 Å². The van der Waals surface area contributed by atoms with Crippen molar-refractivity contribution >= 4 is 5.91 Å². The van der Waals surface area contributed by atoms with E-state index in [0.717, 1.165) is 31.6 Å². The summed E-state index contributed by atoms with van der Waals surface area (Å²) >= 11 is 0. The third-order valence-corrected chi connectivity index (χ3v) is 6.16. The van der Waals surface area contributed by atoms with Crippen LogP contribution in [-0.4, -0.2) is 44.7 Å². The van der Waals surface area contributed by atoms with Gasteiger partial charge in [0.2, 0.25) is 11.8 Å². The molecule has 4 fully saturated rings. The smallest absolute Gasteiger partial charge is 0.246 e. The van der Waals surface area contributed by atoms with Crippen molar-refractivity contribution in [3.63, 3.8) is 0 Å². The molecule has 1 unspecified atom stereocenters. The molecule has 0 aromatic carbocycles. The van der Waals surface area contributed by atoms with Crippen molar-refractivity contribution in [3.05, 3.63) is 23.4 Å². The molecule has 2 heterocycles. The molecule has 1 saturated heterocycles. The van der Waals surface area contributed by atoms with Gasteiger partial charge in [0.15, 0.2) is 5.82 Å². The number of carbonyl (C=O) groups excluding carboxylic acids is 1.